The monoisotopic (exact) mass is 277 g/mol. The zero-order chi connectivity index (χ0) is 14.2. The second kappa shape index (κ2) is 9.18. The fourth-order valence-corrected chi connectivity index (χ4v) is 2.60. The van der Waals surface area contributed by atoms with Crippen molar-refractivity contribution in [2.45, 2.75) is 33.7 Å². The standard InChI is InChI=1S/C14H31NO2S/c1-12(10-17-6)15(7-8-16-5)9-13(11-18)14(2,3)4/h12-13,18H,7-11H2,1-6H3. The lowest BCUT2D eigenvalue weighted by Gasteiger charge is -2.37. The van der Waals surface area contributed by atoms with Crippen molar-refractivity contribution in [2.75, 3.05) is 46.3 Å². The summed E-state index contributed by atoms with van der Waals surface area (Å²) >= 11 is 4.51. The highest BCUT2D eigenvalue weighted by Gasteiger charge is 2.27. The summed E-state index contributed by atoms with van der Waals surface area (Å²) in [7, 11) is 3.50. The SMILES string of the molecule is COCCN(CC(CS)C(C)(C)C)C(C)COC. The highest BCUT2D eigenvalue weighted by atomic mass is 32.1. The minimum Gasteiger partial charge on any atom is -0.383 e. The quantitative estimate of drug-likeness (QED) is 0.655. The number of hydrogen-bond donors (Lipinski definition) is 1. The Morgan fingerprint density at radius 3 is 2.17 bits per heavy atom. The van der Waals surface area contributed by atoms with Gasteiger partial charge in [0.05, 0.1) is 13.2 Å². The van der Waals surface area contributed by atoms with Crippen LogP contribution in [0.3, 0.4) is 0 Å². The van der Waals surface area contributed by atoms with Crippen LogP contribution in [0.2, 0.25) is 0 Å². The molecule has 0 fully saturated rings. The van der Waals surface area contributed by atoms with Gasteiger partial charge in [-0.25, -0.2) is 0 Å². The van der Waals surface area contributed by atoms with E-state index in [1.165, 1.54) is 0 Å². The van der Waals surface area contributed by atoms with E-state index in [1.807, 2.05) is 0 Å². The Labute approximate surface area is 119 Å². The first kappa shape index (κ1) is 18.2. The van der Waals surface area contributed by atoms with Crippen molar-refractivity contribution in [1.82, 2.24) is 4.90 Å². The molecule has 0 spiro atoms. The van der Waals surface area contributed by atoms with Gasteiger partial charge in [0, 0.05) is 33.4 Å². The van der Waals surface area contributed by atoms with Crippen LogP contribution in [0.4, 0.5) is 0 Å². The number of nitrogens with zero attached hydrogens (tertiary/aromatic N) is 1. The molecule has 0 saturated heterocycles. The summed E-state index contributed by atoms with van der Waals surface area (Å²) < 4.78 is 10.5. The van der Waals surface area contributed by atoms with Gasteiger partial charge in [-0.3, -0.25) is 4.90 Å². The number of ether oxygens (including phenoxy) is 2. The van der Waals surface area contributed by atoms with Crippen LogP contribution in [0.15, 0.2) is 0 Å². The molecule has 0 aromatic rings. The third-order valence-electron chi connectivity index (χ3n) is 3.51. The molecule has 0 saturated carbocycles. The Bertz CT molecular complexity index is 206. The molecular formula is C14H31NO2S. The van der Waals surface area contributed by atoms with E-state index in [-0.39, 0.29) is 5.41 Å². The Morgan fingerprint density at radius 2 is 1.78 bits per heavy atom. The lowest BCUT2D eigenvalue weighted by Crippen LogP contribution is -2.44. The van der Waals surface area contributed by atoms with E-state index in [0.29, 0.717) is 12.0 Å². The van der Waals surface area contributed by atoms with E-state index in [2.05, 4.69) is 45.2 Å². The second-order valence-electron chi connectivity index (χ2n) is 6.04. The first-order valence-electron chi connectivity index (χ1n) is 6.69. The van der Waals surface area contributed by atoms with Crippen molar-refractivity contribution in [2.24, 2.45) is 11.3 Å². The number of hydrogen-bond acceptors (Lipinski definition) is 4. The second-order valence-corrected chi connectivity index (χ2v) is 6.40. The largest absolute Gasteiger partial charge is 0.383 e. The number of thiol groups is 1. The molecule has 0 aromatic carbocycles. The summed E-state index contributed by atoms with van der Waals surface area (Å²) in [5.74, 6) is 1.48. The number of rotatable bonds is 9. The van der Waals surface area contributed by atoms with Crippen LogP contribution in [0.1, 0.15) is 27.7 Å². The molecule has 18 heavy (non-hydrogen) atoms. The third-order valence-corrected chi connectivity index (χ3v) is 3.95. The van der Waals surface area contributed by atoms with E-state index in [9.17, 15) is 0 Å². The molecule has 3 nitrogen and oxygen atoms in total. The molecule has 0 amide bonds. The topological polar surface area (TPSA) is 21.7 Å². The van der Waals surface area contributed by atoms with Gasteiger partial charge in [-0.05, 0) is 24.0 Å². The molecular weight excluding hydrogens is 246 g/mol. The summed E-state index contributed by atoms with van der Waals surface area (Å²) in [6, 6.07) is 0.412. The van der Waals surface area contributed by atoms with Crippen LogP contribution in [-0.2, 0) is 9.47 Å². The molecule has 0 N–H and O–H groups in total. The van der Waals surface area contributed by atoms with Crippen molar-refractivity contribution in [3.8, 4) is 0 Å². The van der Waals surface area contributed by atoms with Crippen LogP contribution in [0, 0.1) is 11.3 Å². The lowest BCUT2D eigenvalue weighted by molar-refractivity contribution is 0.0531. The van der Waals surface area contributed by atoms with Crippen molar-refractivity contribution in [3.63, 3.8) is 0 Å². The van der Waals surface area contributed by atoms with Crippen LogP contribution in [0.25, 0.3) is 0 Å². The van der Waals surface area contributed by atoms with Crippen molar-refractivity contribution in [1.29, 1.82) is 0 Å². The zero-order valence-corrected chi connectivity index (χ0v) is 13.8. The normalized spacial score (nSPS) is 16.0. The maximum Gasteiger partial charge on any atom is 0.0615 e. The van der Waals surface area contributed by atoms with Crippen molar-refractivity contribution < 1.29 is 9.47 Å². The van der Waals surface area contributed by atoms with Crippen LogP contribution >= 0.6 is 12.6 Å². The first-order valence-corrected chi connectivity index (χ1v) is 7.32. The van der Waals surface area contributed by atoms with Gasteiger partial charge in [0.25, 0.3) is 0 Å². The van der Waals surface area contributed by atoms with Crippen LogP contribution in [0.5, 0.6) is 0 Å². The van der Waals surface area contributed by atoms with Gasteiger partial charge in [-0.15, -0.1) is 0 Å². The summed E-state index contributed by atoms with van der Waals surface area (Å²) in [6.07, 6.45) is 0. The van der Waals surface area contributed by atoms with Gasteiger partial charge < -0.3 is 9.47 Å². The van der Waals surface area contributed by atoms with E-state index >= 15 is 0 Å². The fraction of sp³-hybridized carbons (Fsp3) is 1.00. The summed E-state index contributed by atoms with van der Waals surface area (Å²) in [6.45, 7) is 12.6. The minimum atomic E-state index is 0.278. The van der Waals surface area contributed by atoms with Crippen LogP contribution in [-0.4, -0.2) is 57.2 Å². The predicted octanol–water partition coefficient (Wildman–Crippen LogP) is 2.56. The fourth-order valence-electron chi connectivity index (χ4n) is 1.94. The smallest absolute Gasteiger partial charge is 0.0615 e. The van der Waals surface area contributed by atoms with Crippen LogP contribution < -0.4 is 0 Å². The third kappa shape index (κ3) is 6.98. The molecule has 4 heteroatoms. The molecule has 110 valence electrons. The average Bonchev–Trinajstić information content (AvgIpc) is 2.27. The Kier molecular flexibility index (Phi) is 9.30. The molecule has 0 rings (SSSR count). The molecule has 2 atom stereocenters. The number of methoxy groups -OCH3 is 2. The van der Waals surface area contributed by atoms with Gasteiger partial charge in [-0.1, -0.05) is 20.8 Å². The summed E-state index contributed by atoms with van der Waals surface area (Å²) in [5.41, 5.74) is 0.278. The molecule has 0 aliphatic carbocycles. The van der Waals surface area contributed by atoms with Gasteiger partial charge in [-0.2, -0.15) is 12.6 Å². The maximum atomic E-state index is 5.26. The van der Waals surface area contributed by atoms with E-state index in [4.69, 9.17) is 9.47 Å². The Morgan fingerprint density at radius 1 is 1.17 bits per heavy atom. The summed E-state index contributed by atoms with van der Waals surface area (Å²) in [4.78, 5) is 2.44. The van der Waals surface area contributed by atoms with Crippen molar-refractivity contribution >= 4 is 12.6 Å². The Balaban J connectivity index is 4.54. The molecule has 0 heterocycles. The van der Waals surface area contributed by atoms with E-state index in [0.717, 1.165) is 32.1 Å². The average molecular weight is 277 g/mol. The van der Waals surface area contributed by atoms with Gasteiger partial charge >= 0.3 is 0 Å². The molecule has 0 radical (unpaired) electrons. The van der Waals surface area contributed by atoms with E-state index in [1.54, 1.807) is 14.2 Å². The highest BCUT2D eigenvalue weighted by molar-refractivity contribution is 7.80. The Hall–Kier alpha value is 0.230. The highest BCUT2D eigenvalue weighted by Crippen LogP contribution is 2.28. The molecule has 0 aliphatic rings. The zero-order valence-electron chi connectivity index (χ0n) is 12.9. The lowest BCUT2D eigenvalue weighted by atomic mass is 9.81. The molecule has 0 aromatic heterocycles. The van der Waals surface area contributed by atoms with Gasteiger partial charge in [0.15, 0.2) is 0 Å². The first-order chi connectivity index (χ1) is 8.36. The van der Waals surface area contributed by atoms with Gasteiger partial charge in [0.2, 0.25) is 0 Å². The van der Waals surface area contributed by atoms with E-state index < -0.39 is 0 Å². The predicted molar refractivity (Wildman–Crippen MR) is 81.6 cm³/mol. The molecule has 2 unspecified atom stereocenters. The van der Waals surface area contributed by atoms with Gasteiger partial charge in [0.1, 0.15) is 0 Å². The minimum absolute atomic E-state index is 0.278. The molecule has 0 bridgehead atoms. The maximum absolute atomic E-state index is 5.26. The van der Waals surface area contributed by atoms with Crippen molar-refractivity contribution in [3.05, 3.63) is 0 Å². The molecule has 0 aliphatic heterocycles. The summed E-state index contributed by atoms with van der Waals surface area (Å²) in [5, 5.41) is 0.